The Bertz CT molecular complexity index is 316. The summed E-state index contributed by atoms with van der Waals surface area (Å²) in [6, 6.07) is 9.89. The topological polar surface area (TPSA) is 49.5 Å². The number of aliphatic hydroxyl groups excluding tert-OH is 1. The van der Waals surface area contributed by atoms with Crippen molar-refractivity contribution in [2.75, 3.05) is 20.1 Å². The molecule has 0 fully saturated rings. The van der Waals surface area contributed by atoms with Gasteiger partial charge in [0.2, 0.25) is 0 Å². The number of likely N-dealkylation sites (N-methyl/N-ethyl adjacent to an activating group) is 1. The van der Waals surface area contributed by atoms with E-state index in [1.54, 1.807) is 0 Å². The first-order chi connectivity index (χ1) is 8.63. The van der Waals surface area contributed by atoms with E-state index in [0.717, 1.165) is 19.4 Å². The van der Waals surface area contributed by atoms with Crippen molar-refractivity contribution in [1.82, 2.24) is 4.90 Å². The lowest BCUT2D eigenvalue weighted by Gasteiger charge is -2.24. The van der Waals surface area contributed by atoms with Gasteiger partial charge < -0.3 is 15.7 Å². The summed E-state index contributed by atoms with van der Waals surface area (Å²) in [4.78, 5) is 2.15. The van der Waals surface area contributed by atoms with E-state index in [9.17, 15) is 5.11 Å². The van der Waals surface area contributed by atoms with E-state index in [0.29, 0.717) is 6.54 Å². The van der Waals surface area contributed by atoms with Crippen molar-refractivity contribution < 1.29 is 5.11 Å². The van der Waals surface area contributed by atoms with Crippen LogP contribution in [-0.2, 0) is 6.42 Å². The van der Waals surface area contributed by atoms with E-state index in [-0.39, 0.29) is 6.04 Å². The van der Waals surface area contributed by atoms with Gasteiger partial charge in [0.25, 0.3) is 0 Å². The molecule has 0 aliphatic carbocycles. The first kappa shape index (κ1) is 15.2. The van der Waals surface area contributed by atoms with Crippen molar-refractivity contribution in [3.8, 4) is 0 Å². The molecule has 1 rings (SSSR count). The van der Waals surface area contributed by atoms with Crippen molar-refractivity contribution >= 4 is 0 Å². The van der Waals surface area contributed by atoms with Crippen LogP contribution < -0.4 is 5.73 Å². The van der Waals surface area contributed by atoms with Gasteiger partial charge in [-0.2, -0.15) is 0 Å². The summed E-state index contributed by atoms with van der Waals surface area (Å²) >= 11 is 0. The lowest BCUT2D eigenvalue weighted by atomic mass is 10.0. The highest BCUT2D eigenvalue weighted by molar-refractivity contribution is 5.16. The molecule has 0 aliphatic rings. The third-order valence-electron chi connectivity index (χ3n) is 3.20. The molecule has 0 heterocycles. The molecule has 2 atom stereocenters. The molecular formula is C15H26N2O. The molecule has 102 valence electrons. The molecule has 0 saturated carbocycles. The highest BCUT2D eigenvalue weighted by Crippen LogP contribution is 2.05. The Labute approximate surface area is 111 Å². The van der Waals surface area contributed by atoms with Crippen LogP contribution in [0.3, 0.4) is 0 Å². The van der Waals surface area contributed by atoms with E-state index >= 15 is 0 Å². The maximum Gasteiger partial charge on any atom is 0.0820 e. The first-order valence-electron chi connectivity index (χ1n) is 6.79. The standard InChI is InChI=1S/C15H26N2O/c1-3-4-10-17(2)12-15(18)14(16)11-13-8-6-5-7-9-13/h5-9,14-15,18H,3-4,10-12,16H2,1-2H3. The van der Waals surface area contributed by atoms with Crippen molar-refractivity contribution in [3.05, 3.63) is 35.9 Å². The smallest absolute Gasteiger partial charge is 0.0820 e. The summed E-state index contributed by atoms with van der Waals surface area (Å²) < 4.78 is 0. The molecule has 0 amide bonds. The second-order valence-corrected chi connectivity index (χ2v) is 5.04. The van der Waals surface area contributed by atoms with Crippen molar-refractivity contribution in [2.45, 2.75) is 38.3 Å². The Morgan fingerprint density at radius 2 is 1.94 bits per heavy atom. The molecule has 0 bridgehead atoms. The van der Waals surface area contributed by atoms with Crippen molar-refractivity contribution in [1.29, 1.82) is 0 Å². The van der Waals surface area contributed by atoms with E-state index in [1.807, 2.05) is 37.4 Å². The Hall–Kier alpha value is -0.900. The van der Waals surface area contributed by atoms with Crippen LogP contribution in [-0.4, -0.2) is 42.3 Å². The lowest BCUT2D eigenvalue weighted by molar-refractivity contribution is 0.101. The van der Waals surface area contributed by atoms with E-state index in [2.05, 4.69) is 11.8 Å². The number of unbranched alkanes of at least 4 members (excludes halogenated alkanes) is 1. The minimum absolute atomic E-state index is 0.198. The van der Waals surface area contributed by atoms with Crippen molar-refractivity contribution in [3.63, 3.8) is 0 Å². The number of hydrogen-bond donors (Lipinski definition) is 2. The van der Waals surface area contributed by atoms with Gasteiger partial charge in [0.1, 0.15) is 0 Å². The fourth-order valence-corrected chi connectivity index (χ4v) is 2.00. The summed E-state index contributed by atoms with van der Waals surface area (Å²) in [6.07, 6.45) is 2.60. The van der Waals surface area contributed by atoms with Crippen LogP contribution in [0.4, 0.5) is 0 Å². The van der Waals surface area contributed by atoms with Gasteiger partial charge in [0, 0.05) is 12.6 Å². The van der Waals surface area contributed by atoms with Crippen LogP contribution >= 0.6 is 0 Å². The highest BCUT2D eigenvalue weighted by atomic mass is 16.3. The van der Waals surface area contributed by atoms with Crippen LogP contribution in [0.1, 0.15) is 25.3 Å². The van der Waals surface area contributed by atoms with Crippen LogP contribution in [0.15, 0.2) is 30.3 Å². The summed E-state index contributed by atoms with van der Waals surface area (Å²) in [7, 11) is 2.04. The normalized spacial score (nSPS) is 14.7. The predicted octanol–water partition coefficient (Wildman–Crippen LogP) is 1.65. The summed E-state index contributed by atoms with van der Waals surface area (Å²) in [5, 5.41) is 10.1. The zero-order valence-corrected chi connectivity index (χ0v) is 11.5. The van der Waals surface area contributed by atoms with Gasteiger partial charge in [-0.25, -0.2) is 0 Å². The molecule has 1 aromatic carbocycles. The number of nitrogens with two attached hydrogens (primary N) is 1. The summed E-state index contributed by atoms with van der Waals surface area (Å²) in [5.74, 6) is 0. The Kier molecular flexibility index (Phi) is 6.94. The molecule has 0 aromatic heterocycles. The van der Waals surface area contributed by atoms with Gasteiger partial charge in [0.15, 0.2) is 0 Å². The lowest BCUT2D eigenvalue weighted by Crippen LogP contribution is -2.43. The van der Waals surface area contributed by atoms with Crippen molar-refractivity contribution in [2.24, 2.45) is 5.73 Å². The second kappa shape index (κ2) is 8.25. The number of hydrogen-bond acceptors (Lipinski definition) is 3. The number of nitrogens with zero attached hydrogens (tertiary/aromatic N) is 1. The molecule has 0 radical (unpaired) electrons. The van der Waals surface area contributed by atoms with Gasteiger partial charge in [-0.05, 0) is 32.0 Å². The van der Waals surface area contributed by atoms with Crippen LogP contribution in [0.2, 0.25) is 0 Å². The average molecular weight is 250 g/mol. The minimum atomic E-state index is -0.466. The third kappa shape index (κ3) is 5.63. The van der Waals surface area contributed by atoms with E-state index in [4.69, 9.17) is 5.73 Å². The van der Waals surface area contributed by atoms with Crippen LogP contribution in [0, 0.1) is 0 Å². The quantitative estimate of drug-likeness (QED) is 0.737. The zero-order valence-electron chi connectivity index (χ0n) is 11.5. The molecule has 1 aromatic rings. The maximum atomic E-state index is 10.1. The fraction of sp³-hybridized carbons (Fsp3) is 0.600. The van der Waals surface area contributed by atoms with Gasteiger partial charge in [-0.1, -0.05) is 43.7 Å². The molecule has 0 spiro atoms. The molecule has 2 unspecified atom stereocenters. The summed E-state index contributed by atoms with van der Waals surface area (Å²) in [5.41, 5.74) is 7.23. The monoisotopic (exact) mass is 250 g/mol. The van der Waals surface area contributed by atoms with Crippen LogP contribution in [0.5, 0.6) is 0 Å². The second-order valence-electron chi connectivity index (χ2n) is 5.04. The Balaban J connectivity index is 2.34. The third-order valence-corrected chi connectivity index (χ3v) is 3.20. The minimum Gasteiger partial charge on any atom is -0.390 e. The number of aliphatic hydroxyl groups is 1. The molecule has 3 heteroatoms. The number of benzene rings is 1. The highest BCUT2D eigenvalue weighted by Gasteiger charge is 2.16. The van der Waals surface area contributed by atoms with Gasteiger partial charge in [-0.3, -0.25) is 0 Å². The largest absolute Gasteiger partial charge is 0.390 e. The number of rotatable bonds is 8. The maximum absolute atomic E-state index is 10.1. The molecule has 0 saturated heterocycles. The van der Waals surface area contributed by atoms with E-state index < -0.39 is 6.10 Å². The predicted molar refractivity (Wildman–Crippen MR) is 76.5 cm³/mol. The SMILES string of the molecule is CCCCN(C)CC(O)C(N)Cc1ccccc1. The molecule has 18 heavy (non-hydrogen) atoms. The Morgan fingerprint density at radius 3 is 2.56 bits per heavy atom. The average Bonchev–Trinajstić information content (AvgIpc) is 2.37. The van der Waals surface area contributed by atoms with Gasteiger partial charge >= 0.3 is 0 Å². The van der Waals surface area contributed by atoms with Gasteiger partial charge in [-0.15, -0.1) is 0 Å². The zero-order chi connectivity index (χ0) is 13.4. The summed E-state index contributed by atoms with van der Waals surface area (Å²) in [6.45, 7) is 3.84. The molecule has 0 aliphatic heterocycles. The molecular weight excluding hydrogens is 224 g/mol. The molecule has 3 N–H and O–H groups in total. The van der Waals surface area contributed by atoms with E-state index in [1.165, 1.54) is 12.0 Å². The van der Waals surface area contributed by atoms with Gasteiger partial charge in [0.05, 0.1) is 6.10 Å². The fourth-order valence-electron chi connectivity index (χ4n) is 2.00. The Morgan fingerprint density at radius 1 is 1.28 bits per heavy atom. The first-order valence-corrected chi connectivity index (χ1v) is 6.79. The van der Waals surface area contributed by atoms with Crippen LogP contribution in [0.25, 0.3) is 0 Å². The molecule has 3 nitrogen and oxygen atoms in total.